The lowest BCUT2D eigenvalue weighted by molar-refractivity contribution is 0.650. The second kappa shape index (κ2) is 6.06. The molecule has 2 heteroatoms. The minimum Gasteiger partial charge on any atom is -0.374 e. The van der Waals surface area contributed by atoms with E-state index >= 15 is 0 Å². The second-order valence-electron chi connectivity index (χ2n) is 4.19. The van der Waals surface area contributed by atoms with Gasteiger partial charge in [-0.25, -0.2) is 0 Å². The molecule has 0 saturated carbocycles. The van der Waals surface area contributed by atoms with Gasteiger partial charge in [0.1, 0.15) is 0 Å². The van der Waals surface area contributed by atoms with Gasteiger partial charge in [-0.15, -0.1) is 0 Å². The van der Waals surface area contributed by atoms with E-state index in [1.54, 1.807) is 0 Å². The zero-order valence-corrected chi connectivity index (χ0v) is 10.8. The maximum atomic E-state index is 4.31. The van der Waals surface area contributed by atoms with Crippen molar-refractivity contribution in [2.45, 2.75) is 20.3 Å². The topological polar surface area (TPSA) is 3.24 Å². The van der Waals surface area contributed by atoms with Crippen molar-refractivity contribution in [1.82, 2.24) is 0 Å². The van der Waals surface area contributed by atoms with Crippen molar-refractivity contribution < 1.29 is 0 Å². The molecule has 0 aliphatic heterocycles. The summed E-state index contributed by atoms with van der Waals surface area (Å²) in [6.45, 7) is 5.47. The third-order valence-electron chi connectivity index (χ3n) is 2.68. The van der Waals surface area contributed by atoms with Crippen molar-refractivity contribution in [2.75, 3.05) is 24.2 Å². The van der Waals surface area contributed by atoms with Crippen LogP contribution in [0, 0.1) is 5.92 Å². The van der Waals surface area contributed by atoms with Gasteiger partial charge in [0.25, 0.3) is 0 Å². The summed E-state index contributed by atoms with van der Waals surface area (Å²) < 4.78 is 0. The van der Waals surface area contributed by atoms with E-state index in [-0.39, 0.29) is 0 Å². The first kappa shape index (κ1) is 12.4. The zero-order valence-electron chi connectivity index (χ0n) is 9.90. The maximum Gasteiger partial charge on any atom is 0.0363 e. The number of thiol groups is 1. The van der Waals surface area contributed by atoms with Crippen LogP contribution in [0.25, 0.3) is 0 Å². The van der Waals surface area contributed by atoms with Crippen LogP contribution in [0.5, 0.6) is 0 Å². The largest absolute Gasteiger partial charge is 0.374 e. The van der Waals surface area contributed by atoms with E-state index in [9.17, 15) is 0 Å². The molecule has 0 fully saturated rings. The number of hydrogen-bond donors (Lipinski definition) is 1. The summed E-state index contributed by atoms with van der Waals surface area (Å²) in [5, 5.41) is 0. The Kier molecular flexibility index (Phi) is 5.03. The fourth-order valence-corrected chi connectivity index (χ4v) is 1.73. The van der Waals surface area contributed by atoms with Crippen LogP contribution in [-0.2, 0) is 6.42 Å². The summed E-state index contributed by atoms with van der Waals surface area (Å²) in [6.07, 6.45) is 1.11. The highest BCUT2D eigenvalue weighted by atomic mass is 32.1. The van der Waals surface area contributed by atoms with Crippen LogP contribution in [0.15, 0.2) is 24.3 Å². The van der Waals surface area contributed by atoms with E-state index in [1.165, 1.54) is 11.3 Å². The molecule has 0 aromatic heterocycles. The number of benzene rings is 1. The molecule has 0 aliphatic rings. The highest BCUT2D eigenvalue weighted by molar-refractivity contribution is 7.80. The maximum absolute atomic E-state index is 4.31. The van der Waals surface area contributed by atoms with Crippen molar-refractivity contribution in [1.29, 1.82) is 0 Å². The molecule has 1 unspecified atom stereocenters. The predicted octanol–water partition coefficient (Wildman–Crippen LogP) is 3.25. The van der Waals surface area contributed by atoms with E-state index in [1.807, 2.05) is 0 Å². The lowest BCUT2D eigenvalue weighted by Crippen LogP contribution is -2.24. The first-order chi connectivity index (χ1) is 7.17. The normalized spacial score (nSPS) is 12.5. The second-order valence-corrected chi connectivity index (χ2v) is 4.55. The Morgan fingerprint density at radius 2 is 1.87 bits per heavy atom. The molecule has 0 saturated heterocycles. The summed E-state index contributed by atoms with van der Waals surface area (Å²) in [6, 6.07) is 8.81. The molecule has 0 bridgehead atoms. The molecule has 1 atom stereocenters. The summed E-state index contributed by atoms with van der Waals surface area (Å²) in [5.74, 6) is 1.57. The highest BCUT2D eigenvalue weighted by Crippen LogP contribution is 2.15. The zero-order chi connectivity index (χ0) is 11.3. The molecule has 0 heterocycles. The molecule has 1 rings (SSSR count). The van der Waals surface area contributed by atoms with Gasteiger partial charge in [-0.05, 0) is 35.8 Å². The van der Waals surface area contributed by atoms with E-state index in [0.29, 0.717) is 5.92 Å². The molecular weight excluding hydrogens is 202 g/mol. The summed E-state index contributed by atoms with van der Waals surface area (Å²) in [7, 11) is 2.14. The fraction of sp³-hybridized carbons (Fsp3) is 0.538. The molecule has 84 valence electrons. The number of nitrogens with zero attached hydrogens (tertiary/aromatic N) is 1. The third-order valence-corrected chi connectivity index (χ3v) is 3.31. The summed E-state index contributed by atoms with van der Waals surface area (Å²) >= 11 is 4.31. The van der Waals surface area contributed by atoms with Crippen LogP contribution in [-0.4, -0.2) is 19.3 Å². The SMILES string of the molecule is CCc1ccc(N(C)CC(C)CS)cc1. The average Bonchev–Trinajstić information content (AvgIpc) is 2.29. The van der Waals surface area contributed by atoms with Gasteiger partial charge in [0.05, 0.1) is 0 Å². The average molecular weight is 223 g/mol. The van der Waals surface area contributed by atoms with Crippen LogP contribution >= 0.6 is 12.6 Å². The Bertz CT molecular complexity index is 281. The van der Waals surface area contributed by atoms with Gasteiger partial charge >= 0.3 is 0 Å². The molecule has 0 spiro atoms. The Morgan fingerprint density at radius 1 is 1.27 bits per heavy atom. The molecule has 15 heavy (non-hydrogen) atoms. The van der Waals surface area contributed by atoms with Gasteiger partial charge < -0.3 is 4.90 Å². The fourth-order valence-electron chi connectivity index (χ4n) is 1.62. The quantitative estimate of drug-likeness (QED) is 0.750. The molecule has 1 aromatic rings. The molecule has 1 nitrogen and oxygen atoms in total. The smallest absolute Gasteiger partial charge is 0.0363 e. The number of aryl methyl sites for hydroxylation is 1. The molecule has 0 amide bonds. The van der Waals surface area contributed by atoms with Gasteiger partial charge in [-0.3, -0.25) is 0 Å². The van der Waals surface area contributed by atoms with Crippen molar-refractivity contribution in [3.63, 3.8) is 0 Å². The van der Waals surface area contributed by atoms with Crippen LogP contribution in [0.4, 0.5) is 5.69 Å². The Morgan fingerprint density at radius 3 is 2.33 bits per heavy atom. The van der Waals surface area contributed by atoms with Crippen LogP contribution in [0.2, 0.25) is 0 Å². The van der Waals surface area contributed by atoms with Gasteiger partial charge in [0.2, 0.25) is 0 Å². The van der Waals surface area contributed by atoms with Gasteiger partial charge in [0.15, 0.2) is 0 Å². The number of anilines is 1. The van der Waals surface area contributed by atoms with Crippen molar-refractivity contribution in [3.05, 3.63) is 29.8 Å². The standard InChI is InChI=1S/C13H21NS/c1-4-12-5-7-13(8-6-12)14(3)9-11(2)10-15/h5-8,11,15H,4,9-10H2,1-3H3. The number of rotatable bonds is 5. The molecule has 0 N–H and O–H groups in total. The first-order valence-electron chi connectivity index (χ1n) is 5.58. The lowest BCUT2D eigenvalue weighted by atomic mass is 10.1. The van der Waals surface area contributed by atoms with Crippen molar-refractivity contribution in [3.8, 4) is 0 Å². The van der Waals surface area contributed by atoms with E-state index in [0.717, 1.165) is 18.7 Å². The minimum atomic E-state index is 0.629. The van der Waals surface area contributed by atoms with E-state index in [4.69, 9.17) is 0 Å². The summed E-state index contributed by atoms with van der Waals surface area (Å²) in [4.78, 5) is 2.29. The monoisotopic (exact) mass is 223 g/mol. The Balaban J connectivity index is 2.61. The van der Waals surface area contributed by atoms with Gasteiger partial charge in [0, 0.05) is 19.3 Å². The molecular formula is C13H21NS. The van der Waals surface area contributed by atoms with Crippen LogP contribution < -0.4 is 4.90 Å². The lowest BCUT2D eigenvalue weighted by Gasteiger charge is -2.22. The number of hydrogen-bond acceptors (Lipinski definition) is 2. The molecule has 0 aliphatic carbocycles. The molecule has 1 aromatic carbocycles. The van der Waals surface area contributed by atoms with E-state index < -0.39 is 0 Å². The first-order valence-corrected chi connectivity index (χ1v) is 6.21. The minimum absolute atomic E-state index is 0.629. The van der Waals surface area contributed by atoms with Gasteiger partial charge in [-0.1, -0.05) is 26.0 Å². The predicted molar refractivity (Wildman–Crippen MR) is 72.1 cm³/mol. The highest BCUT2D eigenvalue weighted by Gasteiger charge is 2.05. The van der Waals surface area contributed by atoms with Crippen LogP contribution in [0.3, 0.4) is 0 Å². The Hall–Kier alpha value is -0.630. The molecule has 0 radical (unpaired) electrons. The van der Waals surface area contributed by atoms with Crippen molar-refractivity contribution in [2.24, 2.45) is 5.92 Å². The van der Waals surface area contributed by atoms with Gasteiger partial charge in [-0.2, -0.15) is 12.6 Å². The van der Waals surface area contributed by atoms with E-state index in [2.05, 4.69) is 62.7 Å². The Labute approximate surface area is 98.9 Å². The van der Waals surface area contributed by atoms with Crippen LogP contribution in [0.1, 0.15) is 19.4 Å². The summed E-state index contributed by atoms with van der Waals surface area (Å²) in [5.41, 5.74) is 2.69. The third kappa shape index (κ3) is 3.78. The van der Waals surface area contributed by atoms with Crippen molar-refractivity contribution >= 4 is 18.3 Å².